The van der Waals surface area contributed by atoms with E-state index in [0.29, 0.717) is 19.5 Å². The molecule has 156 valence electrons. The van der Waals surface area contributed by atoms with Gasteiger partial charge in [-0.3, -0.25) is 9.39 Å². The minimum atomic E-state index is -0.367. The maximum atomic E-state index is 13.9. The van der Waals surface area contributed by atoms with Crippen molar-refractivity contribution in [1.29, 1.82) is 0 Å². The Balaban J connectivity index is 0.00000300. The second-order valence-electron chi connectivity index (χ2n) is 6.36. The van der Waals surface area contributed by atoms with Gasteiger partial charge in [-0.1, -0.05) is 12.1 Å². The van der Waals surface area contributed by atoms with E-state index in [-0.39, 0.29) is 35.5 Å². The molecule has 7 nitrogen and oxygen atoms in total. The standard InChI is InChI=1S/C20H25FN6O.HI/c1-4-22-20(26(2)14-15-8-9-17(28-3)16(21)13-15)23-11-10-19-25-24-18-7-5-6-12-27(18)19;/h5-9,12-13H,4,10-11,14H2,1-3H3,(H,22,23);1H. The average Bonchev–Trinajstić information content (AvgIpc) is 3.10. The van der Waals surface area contributed by atoms with Crippen molar-refractivity contribution in [2.45, 2.75) is 19.9 Å². The summed E-state index contributed by atoms with van der Waals surface area (Å²) in [6.45, 7) is 3.86. The topological polar surface area (TPSA) is 67.0 Å². The summed E-state index contributed by atoms with van der Waals surface area (Å²) in [5.74, 6) is 1.50. The van der Waals surface area contributed by atoms with Crippen LogP contribution in [-0.2, 0) is 13.0 Å². The predicted molar refractivity (Wildman–Crippen MR) is 123 cm³/mol. The van der Waals surface area contributed by atoms with E-state index < -0.39 is 0 Å². The van der Waals surface area contributed by atoms with Gasteiger partial charge in [-0.15, -0.1) is 34.2 Å². The molecule has 29 heavy (non-hydrogen) atoms. The van der Waals surface area contributed by atoms with E-state index in [1.54, 1.807) is 6.07 Å². The Morgan fingerprint density at radius 1 is 1.28 bits per heavy atom. The molecule has 1 aromatic carbocycles. The Kier molecular flexibility index (Phi) is 8.62. The number of ether oxygens (including phenoxy) is 1. The van der Waals surface area contributed by atoms with Crippen molar-refractivity contribution < 1.29 is 9.13 Å². The van der Waals surface area contributed by atoms with Crippen LogP contribution in [0.3, 0.4) is 0 Å². The first-order chi connectivity index (χ1) is 13.6. The molecule has 1 N–H and O–H groups in total. The molecule has 0 amide bonds. The number of hydrogen-bond donors (Lipinski definition) is 1. The highest BCUT2D eigenvalue weighted by Crippen LogP contribution is 2.18. The molecule has 0 bridgehead atoms. The highest BCUT2D eigenvalue weighted by atomic mass is 127. The number of methoxy groups -OCH3 is 1. The first-order valence-electron chi connectivity index (χ1n) is 9.23. The van der Waals surface area contributed by atoms with Crippen molar-refractivity contribution in [2.75, 3.05) is 27.2 Å². The Labute approximate surface area is 187 Å². The van der Waals surface area contributed by atoms with Crippen LogP contribution < -0.4 is 10.1 Å². The van der Waals surface area contributed by atoms with Gasteiger partial charge in [0.15, 0.2) is 23.2 Å². The molecule has 0 aliphatic carbocycles. The third-order valence-corrected chi connectivity index (χ3v) is 4.31. The molecule has 0 spiro atoms. The van der Waals surface area contributed by atoms with Gasteiger partial charge in [0.2, 0.25) is 0 Å². The van der Waals surface area contributed by atoms with E-state index in [0.717, 1.165) is 29.5 Å². The molecule has 0 unspecified atom stereocenters. The Hall–Kier alpha value is -2.43. The predicted octanol–water partition coefficient (Wildman–Crippen LogP) is 3.14. The summed E-state index contributed by atoms with van der Waals surface area (Å²) >= 11 is 0. The van der Waals surface area contributed by atoms with Crippen LogP contribution in [0.2, 0.25) is 0 Å². The highest BCUT2D eigenvalue weighted by Gasteiger charge is 2.10. The van der Waals surface area contributed by atoms with Crippen LogP contribution >= 0.6 is 24.0 Å². The largest absolute Gasteiger partial charge is 0.494 e. The lowest BCUT2D eigenvalue weighted by molar-refractivity contribution is 0.385. The number of halogens is 2. The number of benzene rings is 1. The summed E-state index contributed by atoms with van der Waals surface area (Å²) in [6.07, 6.45) is 2.62. The summed E-state index contributed by atoms with van der Waals surface area (Å²) in [5.41, 5.74) is 1.67. The molecule has 0 fully saturated rings. The molecule has 0 saturated carbocycles. The number of aliphatic imine (C=N–C) groups is 1. The van der Waals surface area contributed by atoms with Gasteiger partial charge in [-0.25, -0.2) is 4.39 Å². The molecular weight excluding hydrogens is 486 g/mol. The molecule has 3 rings (SSSR count). The van der Waals surface area contributed by atoms with E-state index in [1.165, 1.54) is 13.2 Å². The van der Waals surface area contributed by atoms with E-state index in [4.69, 9.17) is 4.74 Å². The first-order valence-corrected chi connectivity index (χ1v) is 9.23. The van der Waals surface area contributed by atoms with Crippen molar-refractivity contribution in [2.24, 2.45) is 4.99 Å². The van der Waals surface area contributed by atoms with Crippen LogP contribution in [-0.4, -0.2) is 52.7 Å². The number of nitrogens with one attached hydrogen (secondary N) is 1. The number of fused-ring (bicyclic) bond motifs is 1. The number of nitrogens with zero attached hydrogens (tertiary/aromatic N) is 5. The third-order valence-electron chi connectivity index (χ3n) is 4.31. The van der Waals surface area contributed by atoms with Gasteiger partial charge in [-0.2, -0.15) is 0 Å². The molecular formula is C20H26FIN6O. The third kappa shape index (κ3) is 5.78. The van der Waals surface area contributed by atoms with Crippen molar-refractivity contribution in [3.05, 3.63) is 59.8 Å². The van der Waals surface area contributed by atoms with Crippen molar-refractivity contribution >= 4 is 35.6 Å². The Bertz CT molecular complexity index is 961. The lowest BCUT2D eigenvalue weighted by Crippen LogP contribution is -2.38. The number of hydrogen-bond acceptors (Lipinski definition) is 4. The van der Waals surface area contributed by atoms with Gasteiger partial charge in [0, 0.05) is 39.3 Å². The molecule has 9 heteroatoms. The number of guanidine groups is 1. The summed E-state index contributed by atoms with van der Waals surface area (Å²) in [4.78, 5) is 6.64. The fourth-order valence-corrected chi connectivity index (χ4v) is 2.95. The van der Waals surface area contributed by atoms with Gasteiger partial charge in [-0.05, 0) is 36.8 Å². The van der Waals surface area contributed by atoms with Gasteiger partial charge in [0.05, 0.1) is 7.11 Å². The van der Waals surface area contributed by atoms with Crippen LogP contribution in [0.5, 0.6) is 5.75 Å². The van der Waals surface area contributed by atoms with Gasteiger partial charge in [0.25, 0.3) is 0 Å². The van der Waals surface area contributed by atoms with E-state index >= 15 is 0 Å². The zero-order chi connectivity index (χ0) is 19.9. The van der Waals surface area contributed by atoms with Crippen LogP contribution in [0.4, 0.5) is 4.39 Å². The monoisotopic (exact) mass is 512 g/mol. The van der Waals surface area contributed by atoms with Gasteiger partial charge < -0.3 is 15.0 Å². The van der Waals surface area contributed by atoms with Crippen LogP contribution in [0.1, 0.15) is 18.3 Å². The first kappa shape index (κ1) is 22.9. The Morgan fingerprint density at radius 2 is 2.10 bits per heavy atom. The van der Waals surface area contributed by atoms with Crippen LogP contribution in [0.15, 0.2) is 47.6 Å². The zero-order valence-electron chi connectivity index (χ0n) is 16.8. The molecule has 0 radical (unpaired) electrons. The smallest absolute Gasteiger partial charge is 0.193 e. The normalized spacial score (nSPS) is 11.2. The lowest BCUT2D eigenvalue weighted by Gasteiger charge is -2.22. The molecule has 2 heterocycles. The summed E-state index contributed by atoms with van der Waals surface area (Å²) in [7, 11) is 3.38. The fourth-order valence-electron chi connectivity index (χ4n) is 2.95. The Morgan fingerprint density at radius 3 is 2.83 bits per heavy atom. The summed E-state index contributed by atoms with van der Waals surface area (Å²) in [6, 6.07) is 10.8. The molecule has 3 aromatic rings. The molecule has 2 aromatic heterocycles. The van der Waals surface area contributed by atoms with Crippen LogP contribution in [0, 0.1) is 5.82 Å². The van der Waals surface area contributed by atoms with Crippen molar-refractivity contribution in [1.82, 2.24) is 24.8 Å². The zero-order valence-corrected chi connectivity index (χ0v) is 19.1. The fraction of sp³-hybridized carbons (Fsp3) is 0.350. The molecule has 0 aliphatic rings. The lowest BCUT2D eigenvalue weighted by atomic mass is 10.2. The average molecular weight is 512 g/mol. The maximum Gasteiger partial charge on any atom is 0.193 e. The second kappa shape index (κ2) is 10.9. The number of aromatic nitrogens is 3. The van der Waals surface area contributed by atoms with Crippen molar-refractivity contribution in [3.63, 3.8) is 0 Å². The molecule has 0 aliphatic heterocycles. The van der Waals surface area contributed by atoms with Gasteiger partial charge >= 0.3 is 0 Å². The minimum Gasteiger partial charge on any atom is -0.494 e. The molecule has 0 atom stereocenters. The second-order valence-corrected chi connectivity index (χ2v) is 6.36. The summed E-state index contributed by atoms with van der Waals surface area (Å²) < 4.78 is 20.9. The molecule has 0 saturated heterocycles. The van der Waals surface area contributed by atoms with E-state index in [9.17, 15) is 4.39 Å². The van der Waals surface area contributed by atoms with E-state index in [2.05, 4.69) is 20.5 Å². The van der Waals surface area contributed by atoms with Crippen molar-refractivity contribution in [3.8, 4) is 5.75 Å². The summed E-state index contributed by atoms with van der Waals surface area (Å²) in [5, 5.41) is 11.7. The highest BCUT2D eigenvalue weighted by molar-refractivity contribution is 14.0. The quantitative estimate of drug-likeness (QED) is 0.300. The van der Waals surface area contributed by atoms with Crippen LogP contribution in [0.25, 0.3) is 5.65 Å². The van der Waals surface area contributed by atoms with E-state index in [1.807, 2.05) is 53.7 Å². The SMILES string of the molecule is CCNC(=NCCc1nnc2ccccn12)N(C)Cc1ccc(OC)c(F)c1.I. The van der Waals surface area contributed by atoms with Gasteiger partial charge in [0.1, 0.15) is 5.82 Å². The maximum absolute atomic E-state index is 13.9. The number of pyridine rings is 1. The number of rotatable bonds is 7. The minimum absolute atomic E-state index is 0.